The summed E-state index contributed by atoms with van der Waals surface area (Å²) in [6.07, 6.45) is 0. The van der Waals surface area contributed by atoms with Crippen LogP contribution < -0.4 is 4.90 Å². The van der Waals surface area contributed by atoms with E-state index in [-0.39, 0.29) is 35.2 Å². The smallest absolute Gasteiger partial charge is 0.355 e. The number of hydrogen-bond donors (Lipinski definition) is 1. The van der Waals surface area contributed by atoms with Crippen LogP contribution in [0.4, 0.5) is 5.69 Å². The highest BCUT2D eigenvalue weighted by atomic mass is 32.2. The van der Waals surface area contributed by atoms with E-state index in [0.717, 1.165) is 14.2 Å². The third-order valence-corrected chi connectivity index (χ3v) is 4.45. The summed E-state index contributed by atoms with van der Waals surface area (Å²) in [7, 11) is -2.14. The third-order valence-electron chi connectivity index (χ3n) is 3.60. The summed E-state index contributed by atoms with van der Waals surface area (Å²) in [4.78, 5) is 25.1. The summed E-state index contributed by atoms with van der Waals surface area (Å²) in [5, 5.41) is 0. The van der Waals surface area contributed by atoms with Crippen LogP contribution in [0.3, 0.4) is 0 Å². The van der Waals surface area contributed by atoms with Crippen LogP contribution in [-0.4, -0.2) is 52.5 Å². The standard InChI is InChI=1S/C15H17NO8S/c1-9-4-5-10(25(19,20)21)6-12(9)16-8-24-7-11(14(17)22-2)13(16)15(18)23-3/h4-6H,7-8H2,1-3H3,(H,19,20,21). The molecular formula is C15H17NO8S. The fraction of sp³-hybridized carbons (Fsp3) is 0.333. The molecule has 136 valence electrons. The molecule has 0 bridgehead atoms. The Balaban J connectivity index is 2.67. The largest absolute Gasteiger partial charge is 0.466 e. The fourth-order valence-corrected chi connectivity index (χ4v) is 2.87. The van der Waals surface area contributed by atoms with Gasteiger partial charge >= 0.3 is 11.9 Å². The topological polar surface area (TPSA) is 119 Å². The molecule has 0 saturated heterocycles. The van der Waals surface area contributed by atoms with Crippen molar-refractivity contribution in [1.82, 2.24) is 0 Å². The lowest BCUT2D eigenvalue weighted by atomic mass is 10.1. The zero-order valence-corrected chi connectivity index (χ0v) is 14.6. The van der Waals surface area contributed by atoms with Crippen molar-refractivity contribution in [2.45, 2.75) is 11.8 Å². The highest BCUT2D eigenvalue weighted by Crippen LogP contribution is 2.31. The van der Waals surface area contributed by atoms with Gasteiger partial charge in [0.1, 0.15) is 12.4 Å². The molecule has 0 spiro atoms. The number of ether oxygens (including phenoxy) is 3. The second kappa shape index (κ2) is 7.21. The third kappa shape index (κ3) is 3.81. The van der Waals surface area contributed by atoms with Crippen LogP contribution in [0.1, 0.15) is 5.56 Å². The SMILES string of the molecule is COC(=O)C1=C(C(=O)OC)N(c2cc(S(=O)(=O)O)ccc2C)COC1. The monoisotopic (exact) mass is 371 g/mol. The summed E-state index contributed by atoms with van der Waals surface area (Å²) >= 11 is 0. The lowest BCUT2D eigenvalue weighted by molar-refractivity contribution is -0.140. The maximum atomic E-state index is 12.2. The molecule has 0 unspecified atom stereocenters. The van der Waals surface area contributed by atoms with Gasteiger partial charge in [0, 0.05) is 5.69 Å². The number of rotatable bonds is 4. The Hall–Kier alpha value is -2.43. The second-order valence-electron chi connectivity index (χ2n) is 5.14. The van der Waals surface area contributed by atoms with Crippen LogP contribution in [0.2, 0.25) is 0 Å². The number of aryl methyl sites for hydroxylation is 1. The van der Waals surface area contributed by atoms with E-state index in [0.29, 0.717) is 5.56 Å². The van der Waals surface area contributed by atoms with Crippen molar-refractivity contribution in [3.8, 4) is 0 Å². The lowest BCUT2D eigenvalue weighted by Crippen LogP contribution is -2.39. The molecule has 0 aromatic heterocycles. The van der Waals surface area contributed by atoms with E-state index in [1.807, 2.05) is 0 Å². The van der Waals surface area contributed by atoms with Gasteiger partial charge in [0.2, 0.25) is 0 Å². The van der Waals surface area contributed by atoms with E-state index in [2.05, 4.69) is 4.74 Å². The molecule has 0 radical (unpaired) electrons. The number of nitrogens with zero attached hydrogens (tertiary/aromatic N) is 1. The van der Waals surface area contributed by atoms with Gasteiger partial charge in [0.15, 0.2) is 0 Å². The average molecular weight is 371 g/mol. The average Bonchev–Trinajstić information content (AvgIpc) is 2.59. The molecule has 9 nitrogen and oxygen atoms in total. The molecule has 1 aromatic carbocycles. The Labute approximate surface area is 144 Å². The van der Waals surface area contributed by atoms with Crippen molar-refractivity contribution < 1.29 is 36.8 Å². The van der Waals surface area contributed by atoms with E-state index in [1.54, 1.807) is 6.92 Å². The molecular weight excluding hydrogens is 354 g/mol. The van der Waals surface area contributed by atoms with E-state index in [1.165, 1.54) is 23.1 Å². The minimum absolute atomic E-state index is 0.0581. The molecule has 0 fully saturated rings. The number of carbonyl (C=O) groups is 2. The summed E-state index contributed by atoms with van der Waals surface area (Å²) in [6, 6.07) is 3.86. The summed E-state index contributed by atoms with van der Waals surface area (Å²) < 4.78 is 46.8. The normalized spacial score (nSPS) is 15.1. The molecule has 1 aliphatic rings. The van der Waals surface area contributed by atoms with Gasteiger partial charge in [-0.25, -0.2) is 9.59 Å². The maximum absolute atomic E-state index is 12.2. The Kier molecular flexibility index (Phi) is 5.45. The van der Waals surface area contributed by atoms with Crippen molar-refractivity contribution in [1.29, 1.82) is 0 Å². The number of esters is 2. The second-order valence-corrected chi connectivity index (χ2v) is 6.56. The minimum atomic E-state index is -4.45. The molecule has 1 aliphatic heterocycles. The van der Waals surface area contributed by atoms with Crippen molar-refractivity contribution >= 4 is 27.7 Å². The first-order valence-electron chi connectivity index (χ1n) is 7.04. The van der Waals surface area contributed by atoms with Gasteiger partial charge in [0.05, 0.1) is 31.3 Å². The first-order valence-corrected chi connectivity index (χ1v) is 8.48. The van der Waals surface area contributed by atoms with Crippen molar-refractivity contribution in [3.63, 3.8) is 0 Å². The molecule has 0 amide bonds. The van der Waals surface area contributed by atoms with Gasteiger partial charge in [-0.3, -0.25) is 4.55 Å². The van der Waals surface area contributed by atoms with E-state index < -0.39 is 22.1 Å². The van der Waals surface area contributed by atoms with E-state index in [4.69, 9.17) is 9.47 Å². The Morgan fingerprint density at radius 3 is 2.40 bits per heavy atom. The molecule has 1 N–H and O–H groups in total. The predicted molar refractivity (Wildman–Crippen MR) is 85.3 cm³/mol. The van der Waals surface area contributed by atoms with Gasteiger partial charge in [-0.15, -0.1) is 0 Å². The molecule has 1 aromatic rings. The van der Waals surface area contributed by atoms with Gasteiger partial charge in [-0.05, 0) is 24.6 Å². The molecule has 0 saturated carbocycles. The number of hydrogen-bond acceptors (Lipinski definition) is 8. The molecule has 0 atom stereocenters. The lowest BCUT2D eigenvalue weighted by Gasteiger charge is -2.32. The highest BCUT2D eigenvalue weighted by Gasteiger charge is 2.33. The fourth-order valence-electron chi connectivity index (χ4n) is 2.37. The van der Waals surface area contributed by atoms with Crippen molar-refractivity contribution in [3.05, 3.63) is 35.0 Å². The molecule has 2 rings (SSSR count). The maximum Gasteiger partial charge on any atom is 0.355 e. The molecule has 1 heterocycles. The highest BCUT2D eigenvalue weighted by molar-refractivity contribution is 7.85. The van der Waals surface area contributed by atoms with Gasteiger partial charge < -0.3 is 19.1 Å². The predicted octanol–water partition coefficient (Wildman–Crippen LogP) is 0.636. The molecule has 10 heteroatoms. The number of methoxy groups -OCH3 is 2. The first-order chi connectivity index (χ1) is 11.7. The van der Waals surface area contributed by atoms with E-state index >= 15 is 0 Å². The van der Waals surface area contributed by atoms with Crippen LogP contribution in [0.5, 0.6) is 0 Å². The Morgan fingerprint density at radius 2 is 1.84 bits per heavy atom. The Bertz CT molecular complexity index is 843. The number of benzene rings is 1. The van der Waals surface area contributed by atoms with E-state index in [9.17, 15) is 22.6 Å². The van der Waals surface area contributed by atoms with Crippen LogP contribution in [-0.2, 0) is 33.9 Å². The summed E-state index contributed by atoms with van der Waals surface area (Å²) in [5.41, 5.74) is 0.675. The Morgan fingerprint density at radius 1 is 1.20 bits per heavy atom. The van der Waals surface area contributed by atoms with Gasteiger partial charge in [0.25, 0.3) is 10.1 Å². The van der Waals surface area contributed by atoms with Crippen molar-refractivity contribution in [2.75, 3.05) is 32.5 Å². The van der Waals surface area contributed by atoms with Crippen LogP contribution >= 0.6 is 0 Å². The van der Waals surface area contributed by atoms with Crippen LogP contribution in [0, 0.1) is 6.92 Å². The van der Waals surface area contributed by atoms with Gasteiger partial charge in [-0.2, -0.15) is 8.42 Å². The zero-order valence-electron chi connectivity index (χ0n) is 13.8. The molecule has 25 heavy (non-hydrogen) atoms. The van der Waals surface area contributed by atoms with Crippen LogP contribution in [0.25, 0.3) is 0 Å². The molecule has 0 aliphatic carbocycles. The van der Waals surface area contributed by atoms with Crippen molar-refractivity contribution in [2.24, 2.45) is 0 Å². The summed E-state index contributed by atoms with van der Waals surface area (Å²) in [5.74, 6) is -1.57. The summed E-state index contributed by atoms with van der Waals surface area (Å²) in [6.45, 7) is 1.38. The van der Waals surface area contributed by atoms with Crippen LogP contribution in [0.15, 0.2) is 34.4 Å². The zero-order chi connectivity index (χ0) is 18.8. The quantitative estimate of drug-likeness (QED) is 0.600. The number of carbonyl (C=O) groups excluding carboxylic acids is 2. The minimum Gasteiger partial charge on any atom is -0.466 e. The van der Waals surface area contributed by atoms with Gasteiger partial charge in [-0.1, -0.05) is 6.07 Å². The number of anilines is 1. The first kappa shape index (κ1) is 18.9.